The maximum Gasteiger partial charge on any atom is 0.340 e. The summed E-state index contributed by atoms with van der Waals surface area (Å²) in [7, 11) is 0. The molecule has 3 aliphatic carbocycles. The quantitative estimate of drug-likeness (QED) is 0.370. The molecule has 7 nitrogen and oxygen atoms in total. The third kappa shape index (κ3) is 4.97. The first-order valence-electron chi connectivity index (χ1n) is 12.5. The second kappa shape index (κ2) is 10.2. The maximum absolute atomic E-state index is 14.3. The molecule has 3 saturated carbocycles. The smallest absolute Gasteiger partial charge is 0.340 e. The number of fused-ring (bicyclic) bond motifs is 5. The molecule has 6 unspecified atom stereocenters. The van der Waals surface area contributed by atoms with Gasteiger partial charge in [0.1, 0.15) is 5.97 Å². The zero-order valence-corrected chi connectivity index (χ0v) is 20.0. The Hall–Kier alpha value is -3.33. The van der Waals surface area contributed by atoms with Gasteiger partial charge in [0.05, 0.1) is 17.2 Å². The number of carbonyl (C=O) groups is 3. The summed E-state index contributed by atoms with van der Waals surface area (Å²) in [4.78, 5) is 36.0. The molecule has 0 radical (unpaired) electrons. The van der Waals surface area contributed by atoms with Crippen LogP contribution < -0.4 is 5.11 Å². The third-order valence-corrected chi connectivity index (χ3v) is 8.12. The lowest BCUT2D eigenvalue weighted by atomic mass is 9.80. The summed E-state index contributed by atoms with van der Waals surface area (Å²) in [6.07, 6.45) is 3.82. The van der Waals surface area contributed by atoms with Crippen LogP contribution in [0.1, 0.15) is 64.5 Å². The van der Waals surface area contributed by atoms with E-state index in [-0.39, 0.29) is 29.6 Å². The number of hydrogen-bond acceptors (Lipinski definition) is 7. The predicted molar refractivity (Wildman–Crippen MR) is 123 cm³/mol. The van der Waals surface area contributed by atoms with Crippen molar-refractivity contribution in [2.24, 2.45) is 23.7 Å². The highest BCUT2D eigenvalue weighted by Gasteiger charge is 2.54. The van der Waals surface area contributed by atoms with Gasteiger partial charge < -0.3 is 24.1 Å². The number of rotatable bonds is 9. The van der Waals surface area contributed by atoms with Crippen LogP contribution in [0.5, 0.6) is 0 Å². The first kappa shape index (κ1) is 25.3. The summed E-state index contributed by atoms with van der Waals surface area (Å²) in [5, 5.41) is 11.0. The molecule has 0 spiro atoms. The molecule has 0 heterocycles. The van der Waals surface area contributed by atoms with Crippen molar-refractivity contribution in [1.82, 2.24) is 0 Å². The van der Waals surface area contributed by atoms with Crippen LogP contribution in [0.3, 0.4) is 0 Å². The summed E-state index contributed by atoms with van der Waals surface area (Å²) in [5.41, 5.74) is -0.205. The van der Waals surface area contributed by atoms with Gasteiger partial charge in [0, 0.05) is 0 Å². The third-order valence-electron chi connectivity index (χ3n) is 8.12. The minimum absolute atomic E-state index is 0.117. The van der Waals surface area contributed by atoms with E-state index in [1.807, 2.05) is 0 Å². The van der Waals surface area contributed by atoms with Gasteiger partial charge >= 0.3 is 17.9 Å². The molecular weight excluding hydrogens is 486 g/mol. The first-order valence-corrected chi connectivity index (χ1v) is 12.5. The number of esters is 2. The van der Waals surface area contributed by atoms with Crippen LogP contribution in [-0.4, -0.2) is 36.7 Å². The van der Waals surface area contributed by atoms with E-state index < -0.39 is 29.9 Å². The van der Waals surface area contributed by atoms with E-state index in [0.717, 1.165) is 24.2 Å². The molecule has 0 amide bonds. The second-order valence-electron chi connectivity index (χ2n) is 10.1. The van der Waals surface area contributed by atoms with Crippen molar-refractivity contribution in [3.63, 3.8) is 0 Å². The van der Waals surface area contributed by atoms with Crippen LogP contribution in [0.25, 0.3) is 0 Å². The lowest BCUT2D eigenvalue weighted by molar-refractivity contribution is -0.336. The predicted octanol–water partition coefficient (Wildman–Crippen LogP) is 3.93. The van der Waals surface area contributed by atoms with Gasteiger partial charge in [-0.15, -0.1) is 0 Å². The monoisotopic (exact) mass is 513 g/mol. The Morgan fingerprint density at radius 2 is 1.54 bits per heavy atom. The first-order chi connectivity index (χ1) is 17.8. The fourth-order valence-electron chi connectivity index (χ4n) is 6.46. The summed E-state index contributed by atoms with van der Waals surface area (Å²) in [5.74, 6) is -6.11. The van der Waals surface area contributed by atoms with Gasteiger partial charge in [-0.3, -0.25) is 0 Å². The highest BCUT2D eigenvalue weighted by Crippen LogP contribution is 2.59. The Kier molecular flexibility index (Phi) is 6.98. The highest BCUT2D eigenvalue weighted by molar-refractivity contribution is 5.93. The molecule has 2 bridgehead atoms. The topological polar surface area (TPSA) is 102 Å². The normalized spacial score (nSPS) is 26.9. The number of halogens is 2. The van der Waals surface area contributed by atoms with E-state index in [1.165, 1.54) is 74.2 Å². The van der Waals surface area contributed by atoms with Crippen molar-refractivity contribution in [2.75, 3.05) is 6.79 Å². The molecule has 0 N–H and O–H groups in total. The minimum atomic E-state index is -4.46. The van der Waals surface area contributed by atoms with Crippen molar-refractivity contribution < 1.29 is 42.5 Å². The molecule has 9 heteroatoms. The van der Waals surface area contributed by atoms with Crippen LogP contribution in [0.4, 0.5) is 8.78 Å². The van der Waals surface area contributed by atoms with Crippen LogP contribution in [-0.2, 0) is 19.0 Å². The number of carboxylic acid groups (broad SMARTS) is 1. The Labute approximate surface area is 212 Å². The average molecular weight is 514 g/mol. The van der Waals surface area contributed by atoms with Gasteiger partial charge in [-0.25, -0.2) is 9.59 Å². The Morgan fingerprint density at radius 3 is 2.22 bits per heavy atom. The van der Waals surface area contributed by atoms with E-state index in [1.54, 1.807) is 6.07 Å². The molecule has 3 fully saturated rings. The number of hydrogen-bond donors (Lipinski definition) is 0. The van der Waals surface area contributed by atoms with Crippen molar-refractivity contribution in [3.05, 3.63) is 71.3 Å². The molecule has 2 aromatic carbocycles. The average Bonchev–Trinajstić information content (AvgIpc) is 3.62. The van der Waals surface area contributed by atoms with Gasteiger partial charge in [-0.1, -0.05) is 36.8 Å². The lowest BCUT2D eigenvalue weighted by Gasteiger charge is -2.31. The van der Waals surface area contributed by atoms with Gasteiger partial charge in [0.2, 0.25) is 0 Å². The number of ether oxygens (including phenoxy) is 3. The molecular formula is C28H27F2O7-. The Balaban J connectivity index is 1.16. The molecule has 0 saturated heterocycles. The Bertz CT molecular complexity index is 1150. The largest absolute Gasteiger partial charge is 0.544 e. The van der Waals surface area contributed by atoms with Crippen LogP contribution >= 0.6 is 0 Å². The fourth-order valence-corrected chi connectivity index (χ4v) is 6.46. The molecule has 0 aromatic heterocycles. The molecule has 6 atom stereocenters. The molecule has 37 heavy (non-hydrogen) atoms. The van der Waals surface area contributed by atoms with Crippen molar-refractivity contribution in [2.45, 2.75) is 50.2 Å². The van der Waals surface area contributed by atoms with Crippen molar-refractivity contribution in [1.29, 1.82) is 0 Å². The van der Waals surface area contributed by atoms with Crippen LogP contribution in [0, 0.1) is 23.7 Å². The zero-order chi connectivity index (χ0) is 26.2. The SMILES string of the molecule is O=C(OCOC1CC2CC1C1CCCC21)c1ccc(C(=O)OC(c2ccccc2)C(F)(F)C(=O)[O-])cc1. The van der Waals surface area contributed by atoms with Gasteiger partial charge in [-0.05, 0) is 79.2 Å². The molecule has 3 aliphatic rings. The van der Waals surface area contributed by atoms with E-state index in [9.17, 15) is 28.3 Å². The standard InChI is InChI=1S/C28H28F2O7/c29-28(30,27(33)34)24(16-5-2-1-3-6-16)37-26(32)18-11-9-17(10-12-18)25(31)36-15-35-23-14-19-13-22(23)21-8-4-7-20(19)21/h1-3,5-6,9-12,19-24H,4,7-8,13-15H2,(H,33,34)/p-1. The van der Waals surface area contributed by atoms with Crippen molar-refractivity contribution in [3.8, 4) is 0 Å². The second-order valence-corrected chi connectivity index (χ2v) is 10.1. The number of carbonyl (C=O) groups excluding carboxylic acids is 3. The van der Waals surface area contributed by atoms with E-state index in [4.69, 9.17) is 14.2 Å². The van der Waals surface area contributed by atoms with Gasteiger partial charge in [0.15, 0.2) is 12.9 Å². The van der Waals surface area contributed by atoms with Gasteiger partial charge in [0.25, 0.3) is 0 Å². The molecule has 0 aliphatic heterocycles. The number of aliphatic carboxylic acids is 1. The summed E-state index contributed by atoms with van der Waals surface area (Å²) in [6, 6.07) is 11.8. The molecule has 5 rings (SSSR count). The summed E-state index contributed by atoms with van der Waals surface area (Å²) < 4.78 is 44.6. The maximum atomic E-state index is 14.3. The van der Waals surface area contributed by atoms with Crippen LogP contribution in [0.2, 0.25) is 0 Å². The Morgan fingerprint density at radius 1 is 0.892 bits per heavy atom. The van der Waals surface area contributed by atoms with E-state index in [0.29, 0.717) is 5.92 Å². The minimum Gasteiger partial charge on any atom is -0.544 e. The number of carboxylic acids is 1. The van der Waals surface area contributed by atoms with Gasteiger partial charge in [-0.2, -0.15) is 8.78 Å². The fraction of sp³-hybridized carbons (Fsp3) is 0.464. The number of benzene rings is 2. The zero-order valence-electron chi connectivity index (χ0n) is 20.0. The highest BCUT2D eigenvalue weighted by atomic mass is 19.3. The lowest BCUT2D eigenvalue weighted by Crippen LogP contribution is -2.47. The van der Waals surface area contributed by atoms with Crippen molar-refractivity contribution >= 4 is 17.9 Å². The molecule has 2 aromatic rings. The summed E-state index contributed by atoms with van der Waals surface area (Å²) >= 11 is 0. The molecule has 196 valence electrons. The summed E-state index contributed by atoms with van der Waals surface area (Å²) in [6.45, 7) is -0.162. The van der Waals surface area contributed by atoms with Crippen LogP contribution in [0.15, 0.2) is 54.6 Å². The van der Waals surface area contributed by atoms with E-state index in [2.05, 4.69) is 0 Å². The van der Waals surface area contributed by atoms with E-state index >= 15 is 0 Å². The number of alkyl halides is 2.